The zero-order valence-electron chi connectivity index (χ0n) is 12.5. The highest BCUT2D eigenvalue weighted by molar-refractivity contribution is 5.80. The van der Waals surface area contributed by atoms with Crippen molar-refractivity contribution in [3.63, 3.8) is 0 Å². The Bertz CT molecular complexity index is 506. The SMILES string of the molecule is CON(C)C(=O)C(C)C1COC(=O)N1Cc1ccccc1. The predicted octanol–water partition coefficient (Wildman–Crippen LogP) is 1.66. The third kappa shape index (κ3) is 3.33. The van der Waals surface area contributed by atoms with Crippen LogP contribution in [0.1, 0.15) is 12.5 Å². The number of amides is 2. The van der Waals surface area contributed by atoms with Crippen molar-refractivity contribution in [2.75, 3.05) is 20.8 Å². The quantitative estimate of drug-likeness (QED) is 0.775. The minimum atomic E-state index is -0.398. The summed E-state index contributed by atoms with van der Waals surface area (Å²) in [4.78, 5) is 30.6. The molecule has 0 aromatic heterocycles. The number of hydrogen-bond acceptors (Lipinski definition) is 4. The van der Waals surface area contributed by atoms with Crippen molar-refractivity contribution in [1.82, 2.24) is 9.96 Å². The third-order valence-corrected chi connectivity index (χ3v) is 3.76. The van der Waals surface area contributed by atoms with E-state index in [4.69, 9.17) is 9.57 Å². The Balaban J connectivity index is 2.11. The van der Waals surface area contributed by atoms with Crippen LogP contribution in [-0.2, 0) is 20.9 Å². The van der Waals surface area contributed by atoms with Crippen molar-refractivity contribution in [1.29, 1.82) is 0 Å². The zero-order chi connectivity index (χ0) is 15.4. The summed E-state index contributed by atoms with van der Waals surface area (Å²) in [5.41, 5.74) is 1.00. The second kappa shape index (κ2) is 6.58. The number of nitrogens with zero attached hydrogens (tertiary/aromatic N) is 2. The van der Waals surface area contributed by atoms with Crippen LogP contribution in [-0.4, -0.2) is 48.8 Å². The maximum Gasteiger partial charge on any atom is 0.410 e. The van der Waals surface area contributed by atoms with Gasteiger partial charge in [0.25, 0.3) is 5.91 Å². The van der Waals surface area contributed by atoms with Gasteiger partial charge in [0.05, 0.1) is 19.1 Å². The molecule has 1 fully saturated rings. The molecule has 114 valence electrons. The lowest BCUT2D eigenvalue weighted by molar-refractivity contribution is -0.174. The molecule has 6 nitrogen and oxygen atoms in total. The maximum atomic E-state index is 12.2. The van der Waals surface area contributed by atoms with Gasteiger partial charge in [-0.15, -0.1) is 0 Å². The van der Waals surface area contributed by atoms with Gasteiger partial charge in [0.2, 0.25) is 0 Å². The molecule has 1 aliphatic heterocycles. The lowest BCUT2D eigenvalue weighted by atomic mass is 10.0. The molecular weight excluding hydrogens is 272 g/mol. The highest BCUT2D eigenvalue weighted by Gasteiger charge is 2.40. The number of cyclic esters (lactones) is 1. The molecule has 0 bridgehead atoms. The van der Waals surface area contributed by atoms with Crippen LogP contribution in [0.25, 0.3) is 0 Å². The van der Waals surface area contributed by atoms with Gasteiger partial charge >= 0.3 is 6.09 Å². The summed E-state index contributed by atoms with van der Waals surface area (Å²) in [5, 5.41) is 1.17. The molecule has 2 atom stereocenters. The molecule has 2 unspecified atom stereocenters. The van der Waals surface area contributed by atoms with E-state index < -0.39 is 5.92 Å². The minimum Gasteiger partial charge on any atom is -0.447 e. The largest absolute Gasteiger partial charge is 0.447 e. The van der Waals surface area contributed by atoms with Gasteiger partial charge in [0.1, 0.15) is 6.61 Å². The first kappa shape index (κ1) is 15.3. The van der Waals surface area contributed by atoms with Gasteiger partial charge < -0.3 is 4.74 Å². The summed E-state index contributed by atoms with van der Waals surface area (Å²) in [5.74, 6) is -0.580. The topological polar surface area (TPSA) is 59.1 Å². The fourth-order valence-electron chi connectivity index (χ4n) is 2.38. The second-order valence-electron chi connectivity index (χ2n) is 5.06. The fraction of sp³-hybridized carbons (Fsp3) is 0.467. The van der Waals surface area contributed by atoms with Gasteiger partial charge in [-0.05, 0) is 5.56 Å². The molecule has 2 amide bonds. The van der Waals surface area contributed by atoms with Crippen molar-refractivity contribution in [2.24, 2.45) is 5.92 Å². The number of benzene rings is 1. The molecule has 0 saturated carbocycles. The summed E-state index contributed by atoms with van der Waals surface area (Å²) in [7, 11) is 2.99. The lowest BCUT2D eigenvalue weighted by Crippen LogP contribution is -2.44. The first-order chi connectivity index (χ1) is 10.0. The van der Waals surface area contributed by atoms with Crippen molar-refractivity contribution in [2.45, 2.75) is 19.5 Å². The average molecular weight is 292 g/mol. The van der Waals surface area contributed by atoms with Gasteiger partial charge in [0.15, 0.2) is 0 Å². The highest BCUT2D eigenvalue weighted by atomic mass is 16.7. The summed E-state index contributed by atoms with van der Waals surface area (Å²) in [6, 6.07) is 9.34. The summed E-state index contributed by atoms with van der Waals surface area (Å²) in [6.07, 6.45) is -0.386. The molecule has 0 spiro atoms. The van der Waals surface area contributed by atoms with E-state index in [9.17, 15) is 9.59 Å². The molecule has 0 N–H and O–H groups in total. The van der Waals surface area contributed by atoms with Crippen LogP contribution in [0, 0.1) is 5.92 Å². The van der Waals surface area contributed by atoms with Crippen LogP contribution in [0.4, 0.5) is 4.79 Å². The van der Waals surface area contributed by atoms with Crippen LogP contribution >= 0.6 is 0 Å². The standard InChI is InChI=1S/C15H20N2O4/c1-11(14(18)16(2)20-3)13-10-21-15(19)17(13)9-12-7-5-4-6-8-12/h4-8,11,13H,9-10H2,1-3H3. The van der Waals surface area contributed by atoms with E-state index in [1.807, 2.05) is 30.3 Å². The molecule has 2 rings (SSSR count). The summed E-state index contributed by atoms with van der Waals surface area (Å²) in [6.45, 7) is 2.43. The number of carbonyl (C=O) groups is 2. The molecule has 6 heteroatoms. The molecule has 1 saturated heterocycles. The molecule has 0 radical (unpaired) electrons. The first-order valence-corrected chi connectivity index (χ1v) is 6.83. The Labute approximate surface area is 124 Å². The van der Waals surface area contributed by atoms with Gasteiger partial charge in [-0.25, -0.2) is 9.86 Å². The zero-order valence-corrected chi connectivity index (χ0v) is 12.5. The van der Waals surface area contributed by atoms with Crippen LogP contribution in [0.5, 0.6) is 0 Å². The van der Waals surface area contributed by atoms with Gasteiger partial charge in [0, 0.05) is 13.6 Å². The van der Waals surface area contributed by atoms with E-state index in [2.05, 4.69) is 0 Å². The molecule has 1 aliphatic rings. The minimum absolute atomic E-state index is 0.182. The Morgan fingerprint density at radius 3 is 2.76 bits per heavy atom. The third-order valence-electron chi connectivity index (χ3n) is 3.76. The van der Waals surface area contributed by atoms with Gasteiger partial charge in [-0.2, -0.15) is 0 Å². The highest BCUT2D eigenvalue weighted by Crippen LogP contribution is 2.23. The second-order valence-corrected chi connectivity index (χ2v) is 5.06. The Morgan fingerprint density at radius 2 is 2.14 bits per heavy atom. The van der Waals surface area contributed by atoms with E-state index in [1.165, 1.54) is 12.2 Å². The Morgan fingerprint density at radius 1 is 1.48 bits per heavy atom. The number of carbonyl (C=O) groups excluding carboxylic acids is 2. The number of hydroxylamine groups is 2. The molecule has 21 heavy (non-hydrogen) atoms. The van der Waals surface area contributed by atoms with Crippen molar-refractivity contribution in [3.05, 3.63) is 35.9 Å². The predicted molar refractivity (Wildman–Crippen MR) is 76.1 cm³/mol. The number of ether oxygens (including phenoxy) is 1. The maximum absolute atomic E-state index is 12.2. The number of rotatable bonds is 5. The van der Waals surface area contributed by atoms with Crippen LogP contribution in [0.15, 0.2) is 30.3 Å². The molecular formula is C15H20N2O4. The fourth-order valence-corrected chi connectivity index (χ4v) is 2.38. The van der Waals surface area contributed by atoms with Gasteiger partial charge in [-0.3, -0.25) is 14.5 Å². The van der Waals surface area contributed by atoms with Crippen molar-refractivity contribution < 1.29 is 19.2 Å². The summed E-state index contributed by atoms with van der Waals surface area (Å²) < 4.78 is 5.11. The van der Waals surface area contributed by atoms with E-state index in [0.717, 1.165) is 5.56 Å². The average Bonchev–Trinajstić information content (AvgIpc) is 2.87. The van der Waals surface area contributed by atoms with E-state index in [-0.39, 0.29) is 24.6 Å². The van der Waals surface area contributed by atoms with E-state index >= 15 is 0 Å². The molecule has 0 aliphatic carbocycles. The van der Waals surface area contributed by atoms with Crippen LogP contribution in [0.2, 0.25) is 0 Å². The van der Waals surface area contributed by atoms with E-state index in [0.29, 0.717) is 6.54 Å². The lowest BCUT2D eigenvalue weighted by Gasteiger charge is -2.28. The van der Waals surface area contributed by atoms with Crippen LogP contribution < -0.4 is 0 Å². The Kier molecular flexibility index (Phi) is 4.80. The number of hydrogen-bond donors (Lipinski definition) is 0. The first-order valence-electron chi connectivity index (χ1n) is 6.83. The Hall–Kier alpha value is -2.08. The normalized spacial score (nSPS) is 19.3. The molecule has 1 heterocycles. The molecule has 1 aromatic rings. The monoisotopic (exact) mass is 292 g/mol. The smallest absolute Gasteiger partial charge is 0.410 e. The van der Waals surface area contributed by atoms with Gasteiger partial charge in [-0.1, -0.05) is 37.3 Å². The van der Waals surface area contributed by atoms with Crippen molar-refractivity contribution >= 4 is 12.0 Å². The van der Waals surface area contributed by atoms with Crippen molar-refractivity contribution in [3.8, 4) is 0 Å². The van der Waals surface area contributed by atoms with E-state index in [1.54, 1.807) is 18.9 Å². The van der Waals surface area contributed by atoms with Crippen LogP contribution in [0.3, 0.4) is 0 Å². The summed E-state index contributed by atoms with van der Waals surface area (Å²) >= 11 is 0. The molecule has 1 aromatic carbocycles.